The summed E-state index contributed by atoms with van der Waals surface area (Å²) in [7, 11) is 0. The first-order valence-electron chi connectivity index (χ1n) is 9.32. The molecule has 0 saturated carbocycles. The van der Waals surface area contributed by atoms with E-state index in [1.54, 1.807) is 30.3 Å². The second-order valence-electron chi connectivity index (χ2n) is 7.24. The lowest BCUT2D eigenvalue weighted by atomic mass is 10.1. The van der Waals surface area contributed by atoms with Crippen LogP contribution in [0.3, 0.4) is 0 Å². The molecule has 4 rings (SSSR count). The number of nitrogens with zero attached hydrogens (tertiary/aromatic N) is 3. The topological polar surface area (TPSA) is 80.7 Å². The van der Waals surface area contributed by atoms with Gasteiger partial charge in [0.05, 0.1) is 17.3 Å². The lowest BCUT2D eigenvalue weighted by molar-refractivity contribution is -0.935. The van der Waals surface area contributed by atoms with Gasteiger partial charge < -0.3 is 9.32 Å². The monoisotopic (exact) mass is 411 g/mol. The van der Waals surface area contributed by atoms with E-state index < -0.39 is 11.7 Å². The van der Waals surface area contributed by atoms with Gasteiger partial charge in [-0.05, 0) is 50.2 Å². The lowest BCUT2D eigenvalue weighted by Crippen LogP contribution is -3.15. The van der Waals surface area contributed by atoms with E-state index in [1.165, 1.54) is 4.90 Å². The Morgan fingerprint density at radius 1 is 1.07 bits per heavy atom. The Balaban J connectivity index is 1.53. The average molecular weight is 412 g/mol. The van der Waals surface area contributed by atoms with Crippen molar-refractivity contribution in [3.05, 3.63) is 65.0 Å². The predicted octanol–water partition coefficient (Wildman–Crippen LogP) is 2.37. The average Bonchev–Trinajstić information content (AvgIpc) is 3.27. The van der Waals surface area contributed by atoms with Gasteiger partial charge in [0.15, 0.2) is 13.2 Å². The minimum absolute atomic E-state index is 0.163. The summed E-state index contributed by atoms with van der Waals surface area (Å²) in [6, 6.07) is 14.4. The van der Waals surface area contributed by atoms with Gasteiger partial charge in [-0.3, -0.25) is 14.5 Å². The smallest absolute Gasteiger partial charge is 0.303 e. The molecule has 1 aromatic heterocycles. The largest absolute Gasteiger partial charge is 0.415 e. The van der Waals surface area contributed by atoms with Crippen molar-refractivity contribution in [1.82, 2.24) is 10.2 Å². The zero-order chi connectivity index (χ0) is 20.5. The molecule has 0 saturated heterocycles. The fourth-order valence-corrected chi connectivity index (χ4v) is 3.41. The summed E-state index contributed by atoms with van der Waals surface area (Å²) in [6.45, 7) is 4.84. The third-order valence-electron chi connectivity index (χ3n) is 4.99. The number of hydrogen-bond donors (Lipinski definition) is 1. The van der Waals surface area contributed by atoms with Crippen molar-refractivity contribution in [3.8, 4) is 11.5 Å². The second-order valence-corrected chi connectivity index (χ2v) is 7.67. The Kier molecular flexibility index (Phi) is 5.17. The van der Waals surface area contributed by atoms with Gasteiger partial charge >= 0.3 is 5.91 Å². The fourth-order valence-electron chi connectivity index (χ4n) is 3.28. The highest BCUT2D eigenvalue weighted by atomic mass is 35.5. The summed E-state index contributed by atoms with van der Waals surface area (Å²) in [6.07, 6.45) is 0. The van der Waals surface area contributed by atoms with Crippen molar-refractivity contribution >= 4 is 29.0 Å². The van der Waals surface area contributed by atoms with E-state index in [0.717, 1.165) is 10.5 Å². The van der Waals surface area contributed by atoms with E-state index in [2.05, 4.69) is 10.2 Å². The van der Waals surface area contributed by atoms with E-state index in [4.69, 9.17) is 16.0 Å². The van der Waals surface area contributed by atoms with E-state index in [9.17, 15) is 9.59 Å². The molecule has 0 spiro atoms. The van der Waals surface area contributed by atoms with Crippen LogP contribution in [0.5, 0.6) is 0 Å². The highest BCUT2D eigenvalue weighted by Crippen LogP contribution is 2.27. The number of quaternary nitrogens is 1. The number of benzene rings is 2. The number of anilines is 1. The van der Waals surface area contributed by atoms with Crippen molar-refractivity contribution in [2.45, 2.75) is 26.4 Å². The van der Waals surface area contributed by atoms with Gasteiger partial charge in [0.2, 0.25) is 5.89 Å². The lowest BCUT2D eigenvalue weighted by Gasteiger charge is -2.26. The van der Waals surface area contributed by atoms with Crippen LogP contribution in [0.2, 0.25) is 5.02 Å². The third kappa shape index (κ3) is 3.79. The van der Waals surface area contributed by atoms with Crippen LogP contribution in [0.15, 0.2) is 52.9 Å². The standard InChI is InChI=1S/C21H19ClN4O3/c1-13(2)25(12-26-17-6-4-3-5-16(17)19(27)21(26)28)11-18-23-24-20(29-18)14-7-9-15(22)10-8-14/h3-10,13H,11-12H2,1-2H3/p+1. The highest BCUT2D eigenvalue weighted by Gasteiger charge is 2.38. The molecule has 148 valence electrons. The van der Waals surface area contributed by atoms with E-state index in [1.807, 2.05) is 32.0 Å². The number of carbonyl (C=O) groups excluding carboxylic acids is 2. The van der Waals surface area contributed by atoms with Crippen LogP contribution in [0.4, 0.5) is 5.69 Å². The first kappa shape index (κ1) is 19.3. The van der Waals surface area contributed by atoms with Gasteiger partial charge in [-0.25, -0.2) is 0 Å². The number of ketones is 1. The summed E-state index contributed by atoms with van der Waals surface area (Å²) in [5.74, 6) is -0.0919. The van der Waals surface area contributed by atoms with Crippen LogP contribution in [0, 0.1) is 0 Å². The van der Waals surface area contributed by atoms with E-state index >= 15 is 0 Å². The van der Waals surface area contributed by atoms with Gasteiger partial charge in [0.25, 0.3) is 11.7 Å². The number of nitrogens with one attached hydrogen (secondary N) is 1. The molecule has 0 fully saturated rings. The normalized spacial score (nSPS) is 14.6. The molecule has 1 N–H and O–H groups in total. The Labute approximate surface area is 172 Å². The van der Waals surface area contributed by atoms with Crippen molar-refractivity contribution in [2.75, 3.05) is 11.6 Å². The summed E-state index contributed by atoms with van der Waals surface area (Å²) in [4.78, 5) is 27.3. The molecule has 7 nitrogen and oxygen atoms in total. The molecule has 0 aliphatic carbocycles. The van der Waals surface area contributed by atoms with Crippen LogP contribution < -0.4 is 9.80 Å². The Bertz CT molecular complexity index is 1060. The number of hydrogen-bond acceptors (Lipinski definition) is 5. The van der Waals surface area contributed by atoms with Crippen molar-refractivity contribution in [2.24, 2.45) is 0 Å². The summed E-state index contributed by atoms with van der Waals surface area (Å²) < 4.78 is 5.82. The van der Waals surface area contributed by atoms with Gasteiger partial charge in [0.1, 0.15) is 0 Å². The summed E-state index contributed by atoms with van der Waals surface area (Å²) in [5.41, 5.74) is 1.88. The van der Waals surface area contributed by atoms with Crippen molar-refractivity contribution < 1.29 is 18.9 Å². The molecule has 29 heavy (non-hydrogen) atoms. The maximum absolute atomic E-state index is 12.5. The first-order valence-corrected chi connectivity index (χ1v) is 9.70. The quantitative estimate of drug-likeness (QED) is 0.630. The molecular formula is C21H20ClN4O3+. The van der Waals surface area contributed by atoms with Crippen LogP contribution in [0.25, 0.3) is 11.5 Å². The maximum atomic E-state index is 12.5. The number of carbonyl (C=O) groups is 2. The molecule has 1 aliphatic heterocycles. The molecule has 1 atom stereocenters. The van der Waals surface area contributed by atoms with Gasteiger partial charge in [-0.1, -0.05) is 23.7 Å². The third-order valence-corrected chi connectivity index (χ3v) is 5.24. The predicted molar refractivity (Wildman–Crippen MR) is 108 cm³/mol. The summed E-state index contributed by atoms with van der Waals surface area (Å²) >= 11 is 5.92. The zero-order valence-corrected chi connectivity index (χ0v) is 16.8. The van der Waals surface area contributed by atoms with E-state index in [0.29, 0.717) is 41.3 Å². The number of aromatic nitrogens is 2. The molecular weight excluding hydrogens is 392 g/mol. The number of para-hydroxylation sites is 1. The van der Waals surface area contributed by atoms with Crippen LogP contribution >= 0.6 is 11.6 Å². The summed E-state index contributed by atoms with van der Waals surface area (Å²) in [5, 5.41) is 8.90. The maximum Gasteiger partial charge on any atom is 0.303 e. The SMILES string of the molecule is CC(C)[NH+](Cc1nnc(-c2ccc(Cl)cc2)o1)CN1C(=O)C(=O)c2ccccc21. The molecule has 1 amide bonds. The Morgan fingerprint density at radius 3 is 2.52 bits per heavy atom. The molecule has 2 aromatic carbocycles. The fraction of sp³-hybridized carbons (Fsp3) is 0.238. The number of rotatable bonds is 6. The number of fused-ring (bicyclic) bond motifs is 1. The molecule has 2 heterocycles. The Hall–Kier alpha value is -3.03. The molecule has 0 radical (unpaired) electrons. The first-order chi connectivity index (χ1) is 13.9. The van der Waals surface area contributed by atoms with Crippen LogP contribution in [0.1, 0.15) is 30.1 Å². The Morgan fingerprint density at radius 2 is 1.79 bits per heavy atom. The van der Waals surface area contributed by atoms with Crippen molar-refractivity contribution in [1.29, 1.82) is 0 Å². The van der Waals surface area contributed by atoms with E-state index in [-0.39, 0.29) is 6.04 Å². The highest BCUT2D eigenvalue weighted by molar-refractivity contribution is 6.52. The molecule has 0 bridgehead atoms. The minimum atomic E-state index is -0.503. The van der Waals surface area contributed by atoms with Gasteiger partial charge in [-0.15, -0.1) is 10.2 Å². The minimum Gasteiger partial charge on any atom is -0.415 e. The number of halogens is 1. The van der Waals surface area contributed by atoms with Crippen molar-refractivity contribution in [3.63, 3.8) is 0 Å². The molecule has 3 aromatic rings. The van der Waals surface area contributed by atoms with Gasteiger partial charge in [-0.2, -0.15) is 0 Å². The van der Waals surface area contributed by atoms with Gasteiger partial charge in [0, 0.05) is 10.6 Å². The second kappa shape index (κ2) is 7.77. The number of Topliss-reactive ketones (excluding diaryl/α,β-unsaturated/α-hetero) is 1. The van der Waals surface area contributed by atoms with Crippen LogP contribution in [-0.4, -0.2) is 34.6 Å². The zero-order valence-electron chi connectivity index (χ0n) is 16.1. The molecule has 1 unspecified atom stereocenters. The molecule has 1 aliphatic rings. The van der Waals surface area contributed by atoms with Crippen LogP contribution in [-0.2, 0) is 11.3 Å². The molecule has 8 heteroatoms. The number of amides is 1.